The van der Waals surface area contributed by atoms with Gasteiger partial charge in [-0.05, 0) is 25.7 Å². The van der Waals surface area contributed by atoms with Crippen molar-refractivity contribution in [3.63, 3.8) is 0 Å². The van der Waals surface area contributed by atoms with Crippen molar-refractivity contribution in [3.05, 3.63) is 0 Å². The van der Waals surface area contributed by atoms with Gasteiger partial charge in [-0.1, -0.05) is 0 Å². The minimum Gasteiger partial charge on any atom is -0.378 e. The molecule has 3 aliphatic rings. The molecule has 2 amide bonds. The summed E-state index contributed by atoms with van der Waals surface area (Å²) in [4.78, 5) is 26.7. The summed E-state index contributed by atoms with van der Waals surface area (Å²) < 4.78 is 5.38. The van der Waals surface area contributed by atoms with Gasteiger partial charge >= 0.3 is 0 Å². The smallest absolute Gasteiger partial charge is 0.225 e. The maximum absolute atomic E-state index is 12.6. The summed E-state index contributed by atoms with van der Waals surface area (Å²) in [5.74, 6) is 2.73. The number of amides is 2. The van der Waals surface area contributed by atoms with Crippen LogP contribution in [-0.4, -0.2) is 73.2 Å². The molecule has 0 spiro atoms. The molecule has 136 valence electrons. The average molecular weight is 356 g/mol. The average Bonchev–Trinajstić information content (AvgIpc) is 2.63. The molecule has 0 aromatic heterocycles. The monoisotopic (exact) mass is 355 g/mol. The van der Waals surface area contributed by atoms with Gasteiger partial charge in [0.25, 0.3) is 0 Å². The van der Waals surface area contributed by atoms with Crippen LogP contribution in [0.2, 0.25) is 0 Å². The Hall–Kier alpha value is -0.790. The SMILES string of the molecule is O=C(CC1COCCN1)NC1CCC(C(=O)N2CCSCC2)CC1. The van der Waals surface area contributed by atoms with Crippen LogP contribution in [0.4, 0.5) is 0 Å². The van der Waals surface area contributed by atoms with Crippen LogP contribution < -0.4 is 10.6 Å². The zero-order chi connectivity index (χ0) is 16.8. The molecule has 1 unspecified atom stereocenters. The van der Waals surface area contributed by atoms with E-state index in [1.165, 1.54) is 0 Å². The van der Waals surface area contributed by atoms with Crippen LogP contribution in [0.15, 0.2) is 0 Å². The van der Waals surface area contributed by atoms with Gasteiger partial charge in [-0.25, -0.2) is 0 Å². The Labute approximate surface area is 148 Å². The Morgan fingerprint density at radius 3 is 2.58 bits per heavy atom. The van der Waals surface area contributed by atoms with Crippen molar-refractivity contribution in [1.29, 1.82) is 0 Å². The fourth-order valence-corrected chi connectivity index (χ4v) is 4.69. The van der Waals surface area contributed by atoms with Gasteiger partial charge in [-0.2, -0.15) is 11.8 Å². The first kappa shape index (κ1) is 18.0. The van der Waals surface area contributed by atoms with Gasteiger partial charge in [-0.15, -0.1) is 0 Å². The van der Waals surface area contributed by atoms with E-state index >= 15 is 0 Å². The van der Waals surface area contributed by atoms with Crippen LogP contribution in [0.1, 0.15) is 32.1 Å². The summed E-state index contributed by atoms with van der Waals surface area (Å²) in [7, 11) is 0. The van der Waals surface area contributed by atoms with Crippen molar-refractivity contribution < 1.29 is 14.3 Å². The maximum atomic E-state index is 12.6. The van der Waals surface area contributed by atoms with Crippen LogP contribution in [0.25, 0.3) is 0 Å². The van der Waals surface area contributed by atoms with Gasteiger partial charge in [0.15, 0.2) is 0 Å². The van der Waals surface area contributed by atoms with Crippen molar-refractivity contribution in [2.75, 3.05) is 44.4 Å². The third-order valence-corrected chi connectivity index (χ3v) is 6.14. The highest BCUT2D eigenvalue weighted by molar-refractivity contribution is 7.99. The van der Waals surface area contributed by atoms with Gasteiger partial charge in [-0.3, -0.25) is 9.59 Å². The molecule has 0 aromatic carbocycles. The second-order valence-corrected chi connectivity index (χ2v) is 8.21. The first-order chi connectivity index (χ1) is 11.7. The fourth-order valence-electron chi connectivity index (χ4n) is 3.79. The molecular weight excluding hydrogens is 326 g/mol. The molecule has 3 rings (SSSR count). The molecule has 0 radical (unpaired) electrons. The van der Waals surface area contributed by atoms with Crippen molar-refractivity contribution in [2.45, 2.75) is 44.2 Å². The Kier molecular flexibility index (Phi) is 6.80. The predicted molar refractivity (Wildman–Crippen MR) is 95.0 cm³/mol. The quantitative estimate of drug-likeness (QED) is 0.773. The van der Waals surface area contributed by atoms with Gasteiger partial charge in [0.2, 0.25) is 11.8 Å². The van der Waals surface area contributed by atoms with Crippen LogP contribution >= 0.6 is 11.8 Å². The van der Waals surface area contributed by atoms with Crippen LogP contribution in [-0.2, 0) is 14.3 Å². The number of carbonyl (C=O) groups excluding carboxylic acids is 2. The maximum Gasteiger partial charge on any atom is 0.225 e. The molecule has 0 aromatic rings. The third kappa shape index (κ3) is 5.10. The second-order valence-electron chi connectivity index (χ2n) is 6.98. The number of hydrogen-bond donors (Lipinski definition) is 2. The molecule has 3 fully saturated rings. The fraction of sp³-hybridized carbons (Fsp3) is 0.882. The van der Waals surface area contributed by atoms with Crippen LogP contribution in [0.5, 0.6) is 0 Å². The number of ether oxygens (including phenoxy) is 1. The molecule has 6 nitrogen and oxygen atoms in total. The number of carbonyl (C=O) groups is 2. The van der Waals surface area contributed by atoms with Crippen molar-refractivity contribution in [2.24, 2.45) is 5.92 Å². The molecule has 1 atom stereocenters. The Morgan fingerprint density at radius 2 is 1.92 bits per heavy atom. The third-order valence-electron chi connectivity index (χ3n) is 5.19. The van der Waals surface area contributed by atoms with Gasteiger partial charge < -0.3 is 20.3 Å². The summed E-state index contributed by atoms with van der Waals surface area (Å²) in [5, 5.41) is 6.45. The normalized spacial score (nSPS) is 31.5. The number of nitrogens with one attached hydrogen (secondary N) is 2. The van der Waals surface area contributed by atoms with E-state index < -0.39 is 0 Å². The van der Waals surface area contributed by atoms with E-state index in [0.29, 0.717) is 18.9 Å². The van der Waals surface area contributed by atoms with E-state index in [-0.39, 0.29) is 23.9 Å². The van der Waals surface area contributed by atoms with Gasteiger partial charge in [0.05, 0.1) is 13.2 Å². The molecule has 0 bridgehead atoms. The van der Waals surface area contributed by atoms with Crippen molar-refractivity contribution >= 4 is 23.6 Å². The largest absolute Gasteiger partial charge is 0.378 e. The molecule has 24 heavy (non-hydrogen) atoms. The summed E-state index contributed by atoms with van der Waals surface area (Å²) in [6.07, 6.45) is 4.11. The number of morpholine rings is 1. The molecule has 1 aliphatic carbocycles. The molecule has 1 saturated carbocycles. The van der Waals surface area contributed by atoms with E-state index in [0.717, 1.165) is 63.4 Å². The summed E-state index contributed by atoms with van der Waals surface area (Å²) in [6.45, 7) is 3.96. The number of rotatable bonds is 4. The zero-order valence-electron chi connectivity index (χ0n) is 14.3. The highest BCUT2D eigenvalue weighted by atomic mass is 32.2. The highest BCUT2D eigenvalue weighted by Crippen LogP contribution is 2.27. The number of nitrogens with zero attached hydrogens (tertiary/aromatic N) is 1. The van der Waals surface area contributed by atoms with Crippen LogP contribution in [0.3, 0.4) is 0 Å². The number of thioether (sulfide) groups is 1. The zero-order valence-corrected chi connectivity index (χ0v) is 15.1. The topological polar surface area (TPSA) is 70.7 Å². The molecule has 2 saturated heterocycles. The molecular formula is C17H29N3O3S. The lowest BCUT2D eigenvalue weighted by Gasteiger charge is -2.34. The van der Waals surface area contributed by atoms with E-state index in [2.05, 4.69) is 10.6 Å². The minimum atomic E-state index is 0.0980. The minimum absolute atomic E-state index is 0.0980. The van der Waals surface area contributed by atoms with Crippen molar-refractivity contribution in [3.8, 4) is 0 Å². The first-order valence-electron chi connectivity index (χ1n) is 9.19. The van der Waals surface area contributed by atoms with Crippen molar-refractivity contribution in [1.82, 2.24) is 15.5 Å². The summed E-state index contributed by atoms with van der Waals surface area (Å²) in [5.41, 5.74) is 0. The Bertz CT molecular complexity index is 429. The lowest BCUT2D eigenvalue weighted by Crippen LogP contribution is -2.47. The van der Waals surface area contributed by atoms with E-state index in [1.54, 1.807) is 0 Å². The van der Waals surface area contributed by atoms with Gasteiger partial charge in [0, 0.05) is 55.6 Å². The lowest BCUT2D eigenvalue weighted by molar-refractivity contribution is -0.136. The number of hydrogen-bond acceptors (Lipinski definition) is 5. The van der Waals surface area contributed by atoms with Gasteiger partial charge in [0.1, 0.15) is 0 Å². The summed E-state index contributed by atoms with van der Waals surface area (Å²) in [6, 6.07) is 0.358. The standard InChI is InChI=1S/C17H29N3O3S/c21-16(11-15-12-23-8-5-18-15)19-14-3-1-13(2-4-14)17(22)20-6-9-24-10-7-20/h13-15,18H,1-12H2,(H,19,21). The molecule has 7 heteroatoms. The molecule has 2 N–H and O–H groups in total. The Morgan fingerprint density at radius 1 is 1.17 bits per heavy atom. The van der Waals surface area contributed by atoms with E-state index in [4.69, 9.17) is 4.74 Å². The predicted octanol–water partition coefficient (Wildman–Crippen LogP) is 0.615. The Balaban J connectivity index is 1.36. The van der Waals surface area contributed by atoms with Crippen LogP contribution in [0, 0.1) is 5.92 Å². The van der Waals surface area contributed by atoms with E-state index in [9.17, 15) is 9.59 Å². The summed E-state index contributed by atoms with van der Waals surface area (Å²) >= 11 is 1.93. The first-order valence-corrected chi connectivity index (χ1v) is 10.3. The highest BCUT2D eigenvalue weighted by Gasteiger charge is 2.30. The van der Waals surface area contributed by atoms with E-state index in [1.807, 2.05) is 16.7 Å². The lowest BCUT2D eigenvalue weighted by atomic mass is 9.85. The molecule has 2 aliphatic heterocycles. The second kappa shape index (κ2) is 9.06. The molecule has 2 heterocycles.